The first-order valence-corrected chi connectivity index (χ1v) is 10.8. The van der Waals surface area contributed by atoms with E-state index < -0.39 is 18.0 Å². The number of furan rings is 1. The molecule has 0 aliphatic carbocycles. The molecule has 1 heterocycles. The van der Waals surface area contributed by atoms with Gasteiger partial charge in [-0.3, -0.25) is 4.79 Å². The van der Waals surface area contributed by atoms with Crippen molar-refractivity contribution in [1.82, 2.24) is 5.32 Å². The maximum atomic E-state index is 12.9. The van der Waals surface area contributed by atoms with Crippen LogP contribution < -0.4 is 14.8 Å². The summed E-state index contributed by atoms with van der Waals surface area (Å²) in [6.45, 7) is 1.93. The van der Waals surface area contributed by atoms with Crippen LogP contribution in [0.15, 0.2) is 83.3 Å². The minimum Gasteiger partial charge on any atom is -0.497 e. The fraction of sp³-hybridized carbons (Fsp3) is 0.185. The highest BCUT2D eigenvalue weighted by atomic mass is 16.6. The first kappa shape index (κ1) is 22.9. The van der Waals surface area contributed by atoms with Crippen LogP contribution >= 0.6 is 0 Å². The number of rotatable bonds is 9. The lowest BCUT2D eigenvalue weighted by Gasteiger charge is -2.13. The third-order valence-electron chi connectivity index (χ3n) is 5.29. The van der Waals surface area contributed by atoms with Gasteiger partial charge < -0.3 is 23.9 Å². The molecule has 1 unspecified atom stereocenters. The Labute approximate surface area is 197 Å². The molecule has 1 N–H and O–H groups in total. The Morgan fingerprint density at radius 2 is 1.62 bits per heavy atom. The average Bonchev–Trinajstić information content (AvgIpc) is 3.25. The van der Waals surface area contributed by atoms with Crippen molar-refractivity contribution in [2.75, 3.05) is 7.11 Å². The molecule has 7 nitrogen and oxygen atoms in total. The summed E-state index contributed by atoms with van der Waals surface area (Å²) in [5, 5.41) is 3.52. The highest BCUT2D eigenvalue weighted by molar-refractivity contribution is 5.97. The van der Waals surface area contributed by atoms with E-state index in [9.17, 15) is 9.59 Å². The molecule has 1 amide bonds. The summed E-state index contributed by atoms with van der Waals surface area (Å²) in [7, 11) is 1.59. The highest BCUT2D eigenvalue weighted by Gasteiger charge is 2.26. The van der Waals surface area contributed by atoms with Gasteiger partial charge in [-0.05, 0) is 42.8 Å². The molecule has 0 aliphatic rings. The van der Waals surface area contributed by atoms with Crippen LogP contribution in [0, 0.1) is 0 Å². The fourth-order valence-corrected chi connectivity index (χ4v) is 3.42. The van der Waals surface area contributed by atoms with E-state index in [0.717, 1.165) is 16.7 Å². The monoisotopic (exact) mass is 459 g/mol. The Morgan fingerprint density at radius 1 is 0.912 bits per heavy atom. The number of hydrogen-bond donors (Lipinski definition) is 1. The second kappa shape index (κ2) is 10.6. The second-order valence-corrected chi connectivity index (χ2v) is 7.62. The standard InChI is InChI=1S/C27H25NO6/c1-18(26(29)28-16-19-12-14-20(31-2)15-13-19)33-27(30)25-23(17-32-21-8-4-3-5-9-21)22-10-6-7-11-24(22)34-25/h3-15,18H,16-17H2,1-2H3,(H,28,29). The number of amides is 1. The van der Waals surface area contributed by atoms with Gasteiger partial charge >= 0.3 is 5.97 Å². The normalized spacial score (nSPS) is 11.6. The van der Waals surface area contributed by atoms with Crippen molar-refractivity contribution >= 4 is 22.8 Å². The van der Waals surface area contributed by atoms with Gasteiger partial charge in [0.05, 0.1) is 12.7 Å². The third kappa shape index (κ3) is 5.38. The van der Waals surface area contributed by atoms with Crippen molar-refractivity contribution in [2.45, 2.75) is 26.2 Å². The molecule has 0 saturated carbocycles. The minimum atomic E-state index is -1.01. The van der Waals surface area contributed by atoms with E-state index in [2.05, 4.69) is 5.32 Å². The van der Waals surface area contributed by atoms with Crippen LogP contribution in [0.4, 0.5) is 0 Å². The fourth-order valence-electron chi connectivity index (χ4n) is 3.42. The molecule has 174 valence electrons. The van der Waals surface area contributed by atoms with Gasteiger partial charge in [0.25, 0.3) is 5.91 Å². The smallest absolute Gasteiger partial charge is 0.375 e. The Hall–Kier alpha value is -4.26. The molecule has 0 aliphatic heterocycles. The number of carbonyl (C=O) groups excluding carboxylic acids is 2. The summed E-state index contributed by atoms with van der Waals surface area (Å²) in [6, 6.07) is 23.9. The highest BCUT2D eigenvalue weighted by Crippen LogP contribution is 2.28. The van der Waals surface area contributed by atoms with E-state index in [-0.39, 0.29) is 12.4 Å². The number of methoxy groups -OCH3 is 1. The van der Waals surface area contributed by atoms with Gasteiger partial charge in [0, 0.05) is 11.9 Å². The molecule has 0 bridgehead atoms. The minimum absolute atomic E-state index is 0.0203. The van der Waals surface area contributed by atoms with Gasteiger partial charge in [0.1, 0.15) is 23.7 Å². The molecule has 1 atom stereocenters. The Balaban J connectivity index is 1.43. The summed E-state index contributed by atoms with van der Waals surface area (Å²) < 4.78 is 22.2. The Morgan fingerprint density at radius 3 is 2.35 bits per heavy atom. The van der Waals surface area contributed by atoms with Crippen LogP contribution in [-0.4, -0.2) is 25.1 Å². The van der Waals surface area contributed by atoms with Gasteiger partial charge in [-0.1, -0.05) is 48.5 Å². The van der Waals surface area contributed by atoms with E-state index in [1.807, 2.05) is 72.8 Å². The van der Waals surface area contributed by atoms with Crippen LogP contribution in [0.5, 0.6) is 11.5 Å². The number of benzene rings is 3. The van der Waals surface area contributed by atoms with Crippen LogP contribution in [0.1, 0.15) is 28.6 Å². The van der Waals surface area contributed by atoms with E-state index in [0.29, 0.717) is 23.4 Å². The van der Waals surface area contributed by atoms with Gasteiger partial charge in [0.15, 0.2) is 6.10 Å². The van der Waals surface area contributed by atoms with Crippen molar-refractivity contribution in [3.63, 3.8) is 0 Å². The largest absolute Gasteiger partial charge is 0.497 e. The van der Waals surface area contributed by atoms with Crippen LogP contribution in [0.25, 0.3) is 11.0 Å². The quantitative estimate of drug-likeness (QED) is 0.359. The van der Waals surface area contributed by atoms with E-state index in [1.54, 1.807) is 13.2 Å². The number of hydrogen-bond acceptors (Lipinski definition) is 6. The van der Waals surface area contributed by atoms with Crippen molar-refractivity contribution in [1.29, 1.82) is 0 Å². The van der Waals surface area contributed by atoms with Gasteiger partial charge in [0.2, 0.25) is 5.76 Å². The number of nitrogens with one attached hydrogen (secondary N) is 1. The molecule has 0 spiro atoms. The maximum Gasteiger partial charge on any atom is 0.375 e. The third-order valence-corrected chi connectivity index (χ3v) is 5.29. The summed E-state index contributed by atoms with van der Waals surface area (Å²) in [6.07, 6.45) is -1.01. The predicted octanol–water partition coefficient (Wildman–Crippen LogP) is 4.88. The molecule has 4 rings (SSSR count). The maximum absolute atomic E-state index is 12.9. The molecule has 0 saturated heterocycles. The van der Waals surface area contributed by atoms with Crippen molar-refractivity contribution in [3.05, 3.63) is 95.7 Å². The zero-order valence-electron chi connectivity index (χ0n) is 18.9. The Bertz CT molecular complexity index is 1260. The first-order valence-electron chi connectivity index (χ1n) is 10.8. The number of esters is 1. The topological polar surface area (TPSA) is 87.0 Å². The van der Waals surface area contributed by atoms with Crippen LogP contribution in [0.2, 0.25) is 0 Å². The lowest BCUT2D eigenvalue weighted by molar-refractivity contribution is -0.129. The van der Waals surface area contributed by atoms with Gasteiger partial charge in [-0.2, -0.15) is 0 Å². The summed E-state index contributed by atoms with van der Waals surface area (Å²) >= 11 is 0. The molecule has 4 aromatic rings. The predicted molar refractivity (Wildman–Crippen MR) is 127 cm³/mol. The summed E-state index contributed by atoms with van der Waals surface area (Å²) in [5.41, 5.74) is 2.00. The van der Waals surface area contributed by atoms with Crippen LogP contribution in [0.3, 0.4) is 0 Å². The van der Waals surface area contributed by atoms with Crippen molar-refractivity contribution in [2.24, 2.45) is 0 Å². The van der Waals surface area contributed by atoms with Crippen molar-refractivity contribution in [3.8, 4) is 11.5 Å². The number of carbonyl (C=O) groups is 2. The van der Waals surface area contributed by atoms with E-state index >= 15 is 0 Å². The summed E-state index contributed by atoms with van der Waals surface area (Å²) in [4.78, 5) is 25.4. The molecule has 7 heteroatoms. The lowest BCUT2D eigenvalue weighted by atomic mass is 10.1. The average molecular weight is 459 g/mol. The van der Waals surface area contributed by atoms with Gasteiger partial charge in [-0.25, -0.2) is 4.79 Å². The Kier molecular flexibility index (Phi) is 7.13. The molecular formula is C27H25NO6. The lowest BCUT2D eigenvalue weighted by Crippen LogP contribution is -2.35. The zero-order chi connectivity index (χ0) is 23.9. The molecule has 3 aromatic carbocycles. The van der Waals surface area contributed by atoms with Crippen molar-refractivity contribution < 1.29 is 28.2 Å². The number of ether oxygens (including phenoxy) is 3. The first-order chi connectivity index (χ1) is 16.5. The SMILES string of the molecule is COc1ccc(CNC(=O)C(C)OC(=O)c2oc3ccccc3c2COc2ccccc2)cc1. The second-order valence-electron chi connectivity index (χ2n) is 7.62. The molecule has 0 fully saturated rings. The van der Waals surface area contributed by atoms with Gasteiger partial charge in [-0.15, -0.1) is 0 Å². The summed E-state index contributed by atoms with van der Waals surface area (Å²) in [5.74, 6) is 0.276. The van der Waals surface area contributed by atoms with Crippen LogP contribution in [-0.2, 0) is 22.7 Å². The molecule has 1 aromatic heterocycles. The number of para-hydroxylation sites is 2. The molecular weight excluding hydrogens is 434 g/mol. The zero-order valence-corrected chi connectivity index (χ0v) is 18.9. The van der Waals surface area contributed by atoms with E-state index in [4.69, 9.17) is 18.6 Å². The number of fused-ring (bicyclic) bond motifs is 1. The van der Waals surface area contributed by atoms with E-state index in [1.165, 1.54) is 6.92 Å². The molecule has 34 heavy (non-hydrogen) atoms. The molecule has 0 radical (unpaired) electrons.